The predicted molar refractivity (Wildman–Crippen MR) is 145 cm³/mol. The Hall–Kier alpha value is -3.16. The van der Waals surface area contributed by atoms with Crippen molar-refractivity contribution in [3.8, 4) is 17.2 Å². The molecule has 1 aromatic carbocycles. The Bertz CT molecular complexity index is 1330. The second kappa shape index (κ2) is 9.79. The van der Waals surface area contributed by atoms with E-state index in [2.05, 4.69) is 27.8 Å². The van der Waals surface area contributed by atoms with Crippen molar-refractivity contribution in [2.75, 3.05) is 12.4 Å². The van der Waals surface area contributed by atoms with Gasteiger partial charge in [0.05, 0.1) is 13.2 Å². The molecule has 2 heterocycles. The van der Waals surface area contributed by atoms with Crippen molar-refractivity contribution in [1.82, 2.24) is 15.3 Å². The quantitative estimate of drug-likeness (QED) is 0.336. The Morgan fingerprint density at radius 3 is 2.46 bits per heavy atom. The highest BCUT2D eigenvalue weighted by Crippen LogP contribution is 2.59. The van der Waals surface area contributed by atoms with E-state index in [1.807, 2.05) is 12.1 Å². The van der Waals surface area contributed by atoms with Crippen LogP contribution < -0.4 is 10.1 Å². The largest absolute Gasteiger partial charge is 0.467 e. The Labute approximate surface area is 229 Å². The van der Waals surface area contributed by atoms with Gasteiger partial charge in [0.2, 0.25) is 11.8 Å². The minimum Gasteiger partial charge on any atom is -0.467 e. The number of nitrogens with zero attached hydrogens (tertiary/aromatic N) is 3. The number of methoxy groups -OCH3 is 1. The fraction of sp³-hybridized carbons (Fsp3) is 0.613. The molecule has 8 rings (SSSR count). The number of hydrogen-bond acceptors (Lipinski definition) is 7. The molecule has 0 aliphatic heterocycles. The Kier molecular flexibility index (Phi) is 6.24. The Balaban J connectivity index is 1.16. The van der Waals surface area contributed by atoms with Gasteiger partial charge in [0.25, 0.3) is 0 Å². The van der Waals surface area contributed by atoms with Crippen molar-refractivity contribution in [2.24, 2.45) is 11.3 Å². The number of hydrogen-bond donors (Lipinski definition) is 1. The average Bonchev–Trinajstić information content (AvgIpc) is 3.50. The van der Waals surface area contributed by atoms with Gasteiger partial charge in [-0.05, 0) is 87.7 Å². The smallest absolute Gasteiger partial charge is 0.311 e. The molecule has 2 bridgehead atoms. The molecule has 8 nitrogen and oxygen atoms in total. The van der Waals surface area contributed by atoms with E-state index in [9.17, 15) is 4.79 Å². The summed E-state index contributed by atoms with van der Waals surface area (Å²) in [5.41, 5.74) is 4.01. The van der Waals surface area contributed by atoms with Crippen LogP contribution in [0.1, 0.15) is 107 Å². The maximum atomic E-state index is 13.3. The van der Waals surface area contributed by atoms with E-state index in [1.54, 1.807) is 7.11 Å². The SMILES string of the molecule is COc1cc(-c2cccc(NC(=O)C3CCCCC3)c2CC23CCC(c4nc(C5CC5)no4)(CC2)CC3)no1. The van der Waals surface area contributed by atoms with E-state index < -0.39 is 0 Å². The van der Waals surface area contributed by atoms with Crippen LogP contribution in [0.25, 0.3) is 11.3 Å². The zero-order valence-electron chi connectivity index (χ0n) is 22.8. The van der Waals surface area contributed by atoms with E-state index in [0.717, 1.165) is 105 Å². The average molecular weight is 531 g/mol. The summed E-state index contributed by atoms with van der Waals surface area (Å²) in [7, 11) is 1.58. The van der Waals surface area contributed by atoms with Gasteiger partial charge in [-0.1, -0.05) is 41.7 Å². The molecule has 39 heavy (non-hydrogen) atoms. The number of benzene rings is 1. The fourth-order valence-electron chi connectivity index (χ4n) is 7.40. The lowest BCUT2D eigenvalue weighted by Gasteiger charge is -2.52. The lowest BCUT2D eigenvalue weighted by Crippen LogP contribution is -2.45. The number of aromatic nitrogens is 3. The second-order valence-corrected chi connectivity index (χ2v) is 12.6. The number of anilines is 1. The number of ether oxygens (including phenoxy) is 1. The van der Waals surface area contributed by atoms with Crippen LogP contribution in [-0.4, -0.2) is 28.3 Å². The highest BCUT2D eigenvalue weighted by atomic mass is 16.6. The fourth-order valence-corrected chi connectivity index (χ4v) is 7.40. The van der Waals surface area contributed by atoms with Gasteiger partial charge in [-0.25, -0.2) is 0 Å². The van der Waals surface area contributed by atoms with Gasteiger partial charge < -0.3 is 19.1 Å². The molecule has 2 aromatic heterocycles. The summed E-state index contributed by atoms with van der Waals surface area (Å²) < 4.78 is 16.5. The molecule has 5 aliphatic rings. The predicted octanol–water partition coefficient (Wildman–Crippen LogP) is 6.96. The molecule has 206 valence electrons. The highest BCUT2D eigenvalue weighted by molar-refractivity contribution is 5.94. The van der Waals surface area contributed by atoms with E-state index in [4.69, 9.17) is 18.8 Å². The van der Waals surface area contributed by atoms with E-state index in [0.29, 0.717) is 11.9 Å². The van der Waals surface area contributed by atoms with Crippen molar-refractivity contribution in [3.63, 3.8) is 0 Å². The molecule has 0 spiro atoms. The van der Waals surface area contributed by atoms with Gasteiger partial charge in [-0.3, -0.25) is 4.79 Å². The number of carbonyl (C=O) groups is 1. The first-order chi connectivity index (χ1) is 19.1. The maximum Gasteiger partial charge on any atom is 0.311 e. The summed E-state index contributed by atoms with van der Waals surface area (Å²) in [6, 6.07) is 7.99. The van der Waals surface area contributed by atoms with Crippen LogP contribution >= 0.6 is 0 Å². The summed E-state index contributed by atoms with van der Waals surface area (Å²) in [6.45, 7) is 0. The summed E-state index contributed by atoms with van der Waals surface area (Å²) in [5, 5.41) is 12.0. The number of rotatable bonds is 8. The lowest BCUT2D eigenvalue weighted by molar-refractivity contribution is -0.120. The van der Waals surface area contributed by atoms with E-state index >= 15 is 0 Å². The van der Waals surface area contributed by atoms with Crippen LogP contribution in [0.15, 0.2) is 33.3 Å². The molecule has 3 aromatic rings. The molecule has 5 aliphatic carbocycles. The maximum absolute atomic E-state index is 13.3. The molecule has 1 N–H and O–H groups in total. The third kappa shape index (κ3) is 4.66. The van der Waals surface area contributed by atoms with Crippen LogP contribution in [0.3, 0.4) is 0 Å². The van der Waals surface area contributed by atoms with Crippen LogP contribution in [-0.2, 0) is 16.6 Å². The van der Waals surface area contributed by atoms with E-state index in [-0.39, 0.29) is 22.7 Å². The standard InChI is InChI=1S/C31H38N4O4/c1-37-26-18-25(34-38-26)22-8-5-9-24(32-28(36)21-6-3-2-4-7-21)23(22)19-30-12-15-31(16-13-30,17-14-30)29-33-27(35-39-29)20-10-11-20/h5,8-9,18,20-21H,2-4,6-7,10-17,19H2,1H3,(H,32,36). The molecule has 0 radical (unpaired) electrons. The van der Waals surface area contributed by atoms with Gasteiger partial charge in [-0.15, -0.1) is 0 Å². The third-order valence-electron chi connectivity index (χ3n) is 10.2. The van der Waals surface area contributed by atoms with Gasteiger partial charge in [0, 0.05) is 28.5 Å². The molecular formula is C31H38N4O4. The lowest BCUT2D eigenvalue weighted by atomic mass is 9.52. The molecule has 1 amide bonds. The second-order valence-electron chi connectivity index (χ2n) is 12.6. The molecule has 5 saturated carbocycles. The number of amides is 1. The first kappa shape index (κ1) is 24.9. The number of carbonyl (C=O) groups excluding carboxylic acids is 1. The molecule has 0 saturated heterocycles. The van der Waals surface area contributed by atoms with Crippen molar-refractivity contribution in [2.45, 2.75) is 101 Å². The summed E-state index contributed by atoms with van der Waals surface area (Å²) in [4.78, 5) is 18.2. The van der Waals surface area contributed by atoms with E-state index in [1.165, 1.54) is 19.3 Å². The summed E-state index contributed by atoms with van der Waals surface area (Å²) in [6.07, 6.45) is 15.3. The first-order valence-corrected chi connectivity index (χ1v) is 14.8. The van der Waals surface area contributed by atoms with Crippen LogP contribution in [0.5, 0.6) is 5.95 Å². The molecule has 0 unspecified atom stereocenters. The van der Waals surface area contributed by atoms with Crippen LogP contribution in [0.4, 0.5) is 5.69 Å². The summed E-state index contributed by atoms with van der Waals surface area (Å²) in [5.74, 6) is 2.93. The molecular weight excluding hydrogens is 492 g/mol. The Morgan fingerprint density at radius 2 is 1.77 bits per heavy atom. The summed E-state index contributed by atoms with van der Waals surface area (Å²) >= 11 is 0. The number of fused-ring (bicyclic) bond motifs is 3. The molecule has 0 atom stereocenters. The molecule has 5 fully saturated rings. The van der Waals surface area contributed by atoms with Crippen molar-refractivity contribution < 1.29 is 18.6 Å². The topological polar surface area (TPSA) is 103 Å². The minimum atomic E-state index is 0.0267. The van der Waals surface area contributed by atoms with Gasteiger partial charge >= 0.3 is 5.95 Å². The van der Waals surface area contributed by atoms with Crippen molar-refractivity contribution in [1.29, 1.82) is 0 Å². The molecule has 8 heteroatoms. The van der Waals surface area contributed by atoms with Gasteiger partial charge in [0.15, 0.2) is 5.82 Å². The number of nitrogens with one attached hydrogen (secondary N) is 1. The van der Waals surface area contributed by atoms with Crippen LogP contribution in [0.2, 0.25) is 0 Å². The Morgan fingerprint density at radius 1 is 1.00 bits per heavy atom. The van der Waals surface area contributed by atoms with Crippen molar-refractivity contribution in [3.05, 3.63) is 41.5 Å². The van der Waals surface area contributed by atoms with Crippen molar-refractivity contribution >= 4 is 11.6 Å². The van der Waals surface area contributed by atoms with Gasteiger partial charge in [-0.2, -0.15) is 4.98 Å². The normalized spacial score (nSPS) is 27.0. The third-order valence-corrected chi connectivity index (χ3v) is 10.2. The zero-order valence-corrected chi connectivity index (χ0v) is 22.8. The first-order valence-electron chi connectivity index (χ1n) is 14.8. The monoisotopic (exact) mass is 530 g/mol. The minimum absolute atomic E-state index is 0.0267. The zero-order chi connectivity index (χ0) is 26.5. The van der Waals surface area contributed by atoms with Crippen LogP contribution in [0, 0.1) is 11.3 Å². The van der Waals surface area contributed by atoms with Gasteiger partial charge in [0.1, 0.15) is 5.69 Å². The highest BCUT2D eigenvalue weighted by Gasteiger charge is 2.52.